The molecule has 0 aliphatic heterocycles. The van der Waals surface area contributed by atoms with Crippen LogP contribution in [0.4, 0.5) is 0 Å². The highest BCUT2D eigenvalue weighted by molar-refractivity contribution is 7.92. The van der Waals surface area contributed by atoms with Crippen LogP contribution in [0.25, 0.3) is 0 Å². The summed E-state index contributed by atoms with van der Waals surface area (Å²) in [6, 6.07) is 2.01. The zero-order valence-corrected chi connectivity index (χ0v) is 11.6. The second-order valence-electron chi connectivity index (χ2n) is 4.55. The molecule has 1 unspecified atom stereocenters. The number of nitrogens with two attached hydrogens (primary N) is 1. The van der Waals surface area contributed by atoms with Gasteiger partial charge in [0.1, 0.15) is 5.76 Å². The average molecular weight is 275 g/mol. The molecule has 0 saturated carbocycles. The molecule has 0 fully saturated rings. The van der Waals surface area contributed by atoms with Gasteiger partial charge in [-0.15, -0.1) is 0 Å². The monoisotopic (exact) mass is 275 g/mol. The summed E-state index contributed by atoms with van der Waals surface area (Å²) < 4.78 is 31.8. The van der Waals surface area contributed by atoms with E-state index in [-0.39, 0.29) is 11.5 Å². The minimum Gasteiger partial charge on any atom is -0.463 e. The van der Waals surface area contributed by atoms with Crippen molar-refractivity contribution in [2.75, 3.05) is 13.4 Å². The molecule has 1 heterocycles. The number of furan rings is 1. The lowest BCUT2D eigenvalue weighted by Crippen LogP contribution is -2.42. The fourth-order valence-corrected chi connectivity index (χ4v) is 1.88. The summed E-state index contributed by atoms with van der Waals surface area (Å²) in [5.41, 5.74) is 5.89. The number of carbonyl (C=O) groups is 1. The third-order valence-corrected chi connectivity index (χ3v) is 5.19. The minimum absolute atomic E-state index is 0.00717. The van der Waals surface area contributed by atoms with Gasteiger partial charge in [-0.25, -0.2) is 13.2 Å². The van der Waals surface area contributed by atoms with Gasteiger partial charge >= 0.3 is 5.97 Å². The Morgan fingerprint density at radius 3 is 2.44 bits per heavy atom. The fraction of sp³-hybridized carbons (Fsp3) is 0.545. The first-order valence-corrected chi connectivity index (χ1v) is 7.13. The summed E-state index contributed by atoms with van der Waals surface area (Å²) in [6.45, 7) is 3.01. The van der Waals surface area contributed by atoms with Crippen molar-refractivity contribution in [3.05, 3.63) is 23.7 Å². The maximum absolute atomic E-state index is 11.7. The summed E-state index contributed by atoms with van der Waals surface area (Å²) in [7, 11) is -2.14. The van der Waals surface area contributed by atoms with Crippen molar-refractivity contribution in [2.45, 2.75) is 24.6 Å². The lowest BCUT2D eigenvalue weighted by molar-refractivity contribution is 0.0562. The number of esters is 1. The van der Waals surface area contributed by atoms with Crippen LogP contribution >= 0.6 is 0 Å². The SMILES string of the molecule is COC(=O)c1ccc(C(N)C(C)(C)S(C)(=O)=O)o1. The Bertz CT molecular complexity index is 544. The molecule has 0 amide bonds. The number of hydrogen-bond acceptors (Lipinski definition) is 6. The molecule has 0 saturated heterocycles. The van der Waals surface area contributed by atoms with Crippen molar-refractivity contribution in [3.8, 4) is 0 Å². The van der Waals surface area contributed by atoms with Crippen molar-refractivity contribution >= 4 is 15.8 Å². The highest BCUT2D eigenvalue weighted by Gasteiger charge is 2.39. The Labute approximate surface area is 106 Å². The fourth-order valence-electron chi connectivity index (χ4n) is 1.30. The van der Waals surface area contributed by atoms with E-state index in [9.17, 15) is 13.2 Å². The second-order valence-corrected chi connectivity index (χ2v) is 7.14. The topological polar surface area (TPSA) is 99.6 Å². The van der Waals surface area contributed by atoms with Crippen LogP contribution in [-0.4, -0.2) is 32.5 Å². The van der Waals surface area contributed by atoms with E-state index in [1.54, 1.807) is 0 Å². The summed E-state index contributed by atoms with van der Waals surface area (Å²) in [6.07, 6.45) is 1.11. The molecule has 0 aliphatic carbocycles. The molecule has 18 heavy (non-hydrogen) atoms. The van der Waals surface area contributed by atoms with E-state index in [1.165, 1.54) is 33.1 Å². The van der Waals surface area contributed by atoms with E-state index < -0.39 is 26.6 Å². The first kappa shape index (κ1) is 14.7. The van der Waals surface area contributed by atoms with Crippen LogP contribution in [0.5, 0.6) is 0 Å². The highest BCUT2D eigenvalue weighted by atomic mass is 32.2. The molecule has 0 spiro atoms. The summed E-state index contributed by atoms with van der Waals surface area (Å²) in [5.74, 6) is -0.413. The van der Waals surface area contributed by atoms with Crippen LogP contribution in [0, 0.1) is 0 Å². The molecule has 1 rings (SSSR count). The largest absolute Gasteiger partial charge is 0.463 e. The first-order valence-electron chi connectivity index (χ1n) is 5.24. The van der Waals surface area contributed by atoms with Gasteiger partial charge in [0.05, 0.1) is 17.9 Å². The van der Waals surface area contributed by atoms with E-state index in [0.717, 1.165) is 6.26 Å². The number of rotatable bonds is 4. The molecule has 6 nitrogen and oxygen atoms in total. The quantitative estimate of drug-likeness (QED) is 0.819. The van der Waals surface area contributed by atoms with E-state index in [2.05, 4.69) is 4.74 Å². The summed E-state index contributed by atoms with van der Waals surface area (Å²) in [4.78, 5) is 11.2. The zero-order chi connectivity index (χ0) is 14.1. The van der Waals surface area contributed by atoms with Crippen LogP contribution < -0.4 is 5.73 Å². The number of sulfone groups is 1. The van der Waals surface area contributed by atoms with Crippen LogP contribution in [-0.2, 0) is 14.6 Å². The Morgan fingerprint density at radius 1 is 1.44 bits per heavy atom. The van der Waals surface area contributed by atoms with Gasteiger partial charge in [-0.2, -0.15) is 0 Å². The van der Waals surface area contributed by atoms with E-state index in [1.807, 2.05) is 0 Å². The highest BCUT2D eigenvalue weighted by Crippen LogP contribution is 2.31. The van der Waals surface area contributed by atoms with Crippen LogP contribution in [0.2, 0.25) is 0 Å². The van der Waals surface area contributed by atoms with Crippen LogP contribution in [0.15, 0.2) is 16.5 Å². The molecule has 0 bridgehead atoms. The zero-order valence-electron chi connectivity index (χ0n) is 10.8. The third kappa shape index (κ3) is 2.56. The number of methoxy groups -OCH3 is 1. The van der Waals surface area contributed by atoms with E-state index >= 15 is 0 Å². The lowest BCUT2D eigenvalue weighted by atomic mass is 10.0. The number of ether oxygens (including phenoxy) is 1. The molecule has 1 aromatic heterocycles. The standard InChI is InChI=1S/C11H17NO5S/c1-11(2,18(4,14)15)9(12)7-5-6-8(17-7)10(13)16-3/h5-6,9H,12H2,1-4H3. The number of carbonyl (C=O) groups excluding carboxylic acids is 1. The Balaban J connectivity index is 3.09. The third-order valence-electron chi connectivity index (χ3n) is 3.02. The van der Waals surface area contributed by atoms with Gasteiger partial charge in [-0.3, -0.25) is 0 Å². The van der Waals surface area contributed by atoms with Crippen molar-refractivity contribution in [1.82, 2.24) is 0 Å². The van der Waals surface area contributed by atoms with Crippen LogP contribution in [0.3, 0.4) is 0 Å². The maximum Gasteiger partial charge on any atom is 0.373 e. The molecule has 0 aliphatic rings. The minimum atomic E-state index is -3.37. The predicted octanol–water partition coefficient (Wildman–Crippen LogP) is 0.889. The smallest absolute Gasteiger partial charge is 0.373 e. The van der Waals surface area contributed by atoms with Gasteiger partial charge in [0.25, 0.3) is 0 Å². The molecule has 0 aromatic carbocycles. The molecule has 0 radical (unpaired) electrons. The summed E-state index contributed by atoms with van der Waals surface area (Å²) >= 11 is 0. The normalized spacial score (nSPS) is 14.3. The van der Waals surface area contributed by atoms with Crippen molar-refractivity contribution in [2.24, 2.45) is 5.73 Å². The van der Waals surface area contributed by atoms with Gasteiger partial charge in [-0.05, 0) is 26.0 Å². The first-order chi connectivity index (χ1) is 8.11. The van der Waals surface area contributed by atoms with Crippen molar-refractivity contribution in [1.29, 1.82) is 0 Å². The van der Waals surface area contributed by atoms with Crippen LogP contribution in [0.1, 0.15) is 36.2 Å². The maximum atomic E-state index is 11.7. The molecule has 7 heteroatoms. The van der Waals surface area contributed by atoms with Gasteiger partial charge in [0.2, 0.25) is 5.76 Å². The Hall–Kier alpha value is -1.34. The molecular weight excluding hydrogens is 258 g/mol. The Morgan fingerprint density at radius 2 is 2.00 bits per heavy atom. The average Bonchev–Trinajstić information content (AvgIpc) is 2.74. The second kappa shape index (κ2) is 4.74. The molecular formula is C11H17NO5S. The van der Waals surface area contributed by atoms with Gasteiger partial charge in [0, 0.05) is 6.26 Å². The predicted molar refractivity (Wildman–Crippen MR) is 65.9 cm³/mol. The van der Waals surface area contributed by atoms with Crippen molar-refractivity contribution in [3.63, 3.8) is 0 Å². The van der Waals surface area contributed by atoms with E-state index in [4.69, 9.17) is 10.2 Å². The Kier molecular flexibility index (Phi) is 3.87. The molecule has 2 N–H and O–H groups in total. The van der Waals surface area contributed by atoms with Gasteiger partial charge in [-0.1, -0.05) is 0 Å². The van der Waals surface area contributed by atoms with Gasteiger partial charge < -0.3 is 14.9 Å². The lowest BCUT2D eigenvalue weighted by Gasteiger charge is -2.27. The summed E-state index contributed by atoms with van der Waals surface area (Å²) in [5, 5.41) is 0. The van der Waals surface area contributed by atoms with E-state index in [0.29, 0.717) is 0 Å². The number of hydrogen-bond donors (Lipinski definition) is 1. The molecule has 102 valence electrons. The van der Waals surface area contributed by atoms with Crippen molar-refractivity contribution < 1.29 is 22.4 Å². The molecule has 1 atom stereocenters. The molecule has 1 aromatic rings. The van der Waals surface area contributed by atoms with Gasteiger partial charge in [0.15, 0.2) is 9.84 Å².